The third kappa shape index (κ3) is 4.53. The first-order chi connectivity index (χ1) is 11.5. The lowest BCUT2D eigenvalue weighted by atomic mass is 10.2. The Hall–Kier alpha value is -2.93. The number of benzene rings is 1. The first kappa shape index (κ1) is 17.4. The van der Waals surface area contributed by atoms with Gasteiger partial charge in [0.05, 0.1) is 23.3 Å². The summed E-state index contributed by atoms with van der Waals surface area (Å²) in [6.07, 6.45) is 2.85. The molecule has 1 aromatic carbocycles. The molecule has 0 aliphatic carbocycles. The predicted octanol–water partition coefficient (Wildman–Crippen LogP) is 2.32. The number of rotatable bonds is 5. The molecule has 24 heavy (non-hydrogen) atoms. The number of halogens is 1. The van der Waals surface area contributed by atoms with Crippen LogP contribution in [0.25, 0.3) is 0 Å². The van der Waals surface area contributed by atoms with Crippen LogP contribution in [0.5, 0.6) is 0 Å². The molecule has 1 N–H and O–H groups in total. The standard InChI is InChI=1S/C16H13ClN2O5/c1-23-16(22)12-7-11(4-5-13(12)17)19-14(20)9-24-15(21)10-3-2-6-18-8-10/h2-8H,9H2,1H3,(H,19,20). The number of carbonyl (C=O) groups excluding carboxylic acids is 3. The van der Waals surface area contributed by atoms with Gasteiger partial charge < -0.3 is 14.8 Å². The van der Waals surface area contributed by atoms with Crippen molar-refractivity contribution in [2.45, 2.75) is 0 Å². The maximum Gasteiger partial charge on any atom is 0.340 e. The van der Waals surface area contributed by atoms with Crippen molar-refractivity contribution in [3.8, 4) is 0 Å². The van der Waals surface area contributed by atoms with E-state index in [1.54, 1.807) is 6.07 Å². The number of nitrogens with zero attached hydrogens (tertiary/aromatic N) is 1. The Balaban J connectivity index is 1.95. The van der Waals surface area contributed by atoms with Gasteiger partial charge in [-0.25, -0.2) is 9.59 Å². The van der Waals surface area contributed by atoms with E-state index in [1.165, 1.54) is 43.8 Å². The van der Waals surface area contributed by atoms with E-state index in [4.69, 9.17) is 16.3 Å². The number of aromatic nitrogens is 1. The average Bonchev–Trinajstić information content (AvgIpc) is 2.61. The number of anilines is 1. The summed E-state index contributed by atoms with van der Waals surface area (Å²) in [6.45, 7) is -0.482. The van der Waals surface area contributed by atoms with Gasteiger partial charge in [-0.05, 0) is 30.3 Å². The van der Waals surface area contributed by atoms with Gasteiger partial charge in [0.1, 0.15) is 0 Å². The Morgan fingerprint density at radius 3 is 2.67 bits per heavy atom. The molecule has 124 valence electrons. The Kier molecular flexibility index (Phi) is 5.86. The minimum Gasteiger partial charge on any atom is -0.465 e. The fraction of sp³-hybridized carbons (Fsp3) is 0.125. The highest BCUT2D eigenvalue weighted by atomic mass is 35.5. The van der Waals surface area contributed by atoms with Crippen molar-refractivity contribution >= 4 is 35.1 Å². The zero-order chi connectivity index (χ0) is 17.5. The van der Waals surface area contributed by atoms with E-state index in [9.17, 15) is 14.4 Å². The van der Waals surface area contributed by atoms with E-state index >= 15 is 0 Å². The molecule has 0 bridgehead atoms. The molecule has 0 radical (unpaired) electrons. The summed E-state index contributed by atoms with van der Waals surface area (Å²) in [5.41, 5.74) is 0.677. The number of nitrogens with one attached hydrogen (secondary N) is 1. The minimum atomic E-state index is -0.662. The smallest absolute Gasteiger partial charge is 0.340 e. The second-order valence-electron chi connectivity index (χ2n) is 4.55. The number of pyridine rings is 1. The predicted molar refractivity (Wildman–Crippen MR) is 85.9 cm³/mol. The van der Waals surface area contributed by atoms with Crippen LogP contribution in [0.1, 0.15) is 20.7 Å². The lowest BCUT2D eigenvalue weighted by Gasteiger charge is -2.08. The van der Waals surface area contributed by atoms with Gasteiger partial charge in [-0.3, -0.25) is 9.78 Å². The van der Waals surface area contributed by atoms with Gasteiger partial charge in [0.15, 0.2) is 6.61 Å². The number of hydrogen-bond acceptors (Lipinski definition) is 6. The Bertz CT molecular complexity index is 764. The first-order valence-electron chi connectivity index (χ1n) is 6.76. The fourth-order valence-corrected chi connectivity index (χ4v) is 1.96. The number of ether oxygens (including phenoxy) is 2. The molecule has 0 spiro atoms. The quantitative estimate of drug-likeness (QED) is 0.833. The van der Waals surface area contributed by atoms with E-state index in [0.29, 0.717) is 5.69 Å². The van der Waals surface area contributed by atoms with E-state index in [1.807, 2.05) is 0 Å². The molecular formula is C16H13ClN2O5. The molecule has 0 aliphatic heterocycles. The van der Waals surface area contributed by atoms with Crippen LogP contribution < -0.4 is 5.32 Å². The monoisotopic (exact) mass is 348 g/mol. The maximum absolute atomic E-state index is 11.8. The van der Waals surface area contributed by atoms with Crippen molar-refractivity contribution in [1.82, 2.24) is 4.98 Å². The largest absolute Gasteiger partial charge is 0.465 e. The van der Waals surface area contributed by atoms with Crippen molar-refractivity contribution in [3.63, 3.8) is 0 Å². The summed E-state index contributed by atoms with van der Waals surface area (Å²) in [5.74, 6) is -1.85. The van der Waals surface area contributed by atoms with Crippen LogP contribution in [-0.2, 0) is 14.3 Å². The van der Waals surface area contributed by atoms with Gasteiger partial charge in [-0.15, -0.1) is 0 Å². The molecule has 2 rings (SSSR count). The van der Waals surface area contributed by atoms with Crippen LogP contribution >= 0.6 is 11.6 Å². The summed E-state index contributed by atoms with van der Waals surface area (Å²) in [6, 6.07) is 7.43. The lowest BCUT2D eigenvalue weighted by molar-refractivity contribution is -0.119. The molecule has 0 saturated heterocycles. The molecule has 1 heterocycles. The maximum atomic E-state index is 11.8. The highest BCUT2D eigenvalue weighted by Crippen LogP contribution is 2.21. The summed E-state index contributed by atoms with van der Waals surface area (Å²) in [4.78, 5) is 38.9. The second-order valence-corrected chi connectivity index (χ2v) is 4.96. The van der Waals surface area contributed by atoms with Crippen LogP contribution in [-0.4, -0.2) is 36.5 Å². The molecule has 1 amide bonds. The van der Waals surface area contributed by atoms with Gasteiger partial charge in [-0.2, -0.15) is 0 Å². The molecule has 0 saturated carbocycles. The zero-order valence-corrected chi connectivity index (χ0v) is 13.4. The Labute approximate surface area is 142 Å². The van der Waals surface area contributed by atoms with Gasteiger partial charge in [-0.1, -0.05) is 11.6 Å². The first-order valence-corrected chi connectivity index (χ1v) is 7.14. The SMILES string of the molecule is COC(=O)c1cc(NC(=O)COC(=O)c2cccnc2)ccc1Cl. The van der Waals surface area contributed by atoms with Crippen molar-refractivity contribution in [2.75, 3.05) is 19.0 Å². The van der Waals surface area contributed by atoms with Gasteiger partial charge in [0.25, 0.3) is 5.91 Å². The number of amides is 1. The summed E-state index contributed by atoms with van der Waals surface area (Å²) < 4.78 is 9.47. The van der Waals surface area contributed by atoms with E-state index in [-0.39, 0.29) is 16.1 Å². The number of esters is 2. The summed E-state index contributed by atoms with van der Waals surface area (Å²) >= 11 is 5.89. The zero-order valence-electron chi connectivity index (χ0n) is 12.6. The highest BCUT2D eigenvalue weighted by molar-refractivity contribution is 6.33. The van der Waals surface area contributed by atoms with E-state index in [0.717, 1.165) is 0 Å². The second kappa shape index (κ2) is 8.07. The van der Waals surface area contributed by atoms with Crippen molar-refractivity contribution in [1.29, 1.82) is 0 Å². The van der Waals surface area contributed by atoms with Crippen molar-refractivity contribution in [2.24, 2.45) is 0 Å². The topological polar surface area (TPSA) is 94.6 Å². The minimum absolute atomic E-state index is 0.115. The van der Waals surface area contributed by atoms with Crippen LogP contribution in [0.15, 0.2) is 42.7 Å². The summed E-state index contributed by atoms with van der Waals surface area (Å²) in [7, 11) is 1.22. The molecular weight excluding hydrogens is 336 g/mol. The van der Waals surface area contributed by atoms with Crippen LogP contribution in [0, 0.1) is 0 Å². The van der Waals surface area contributed by atoms with E-state index in [2.05, 4.69) is 15.0 Å². The molecule has 1 aromatic heterocycles. The Morgan fingerprint density at radius 2 is 2.00 bits per heavy atom. The van der Waals surface area contributed by atoms with E-state index < -0.39 is 24.5 Å². The molecule has 0 unspecified atom stereocenters. The fourth-order valence-electron chi connectivity index (χ4n) is 1.76. The van der Waals surface area contributed by atoms with Crippen molar-refractivity contribution in [3.05, 3.63) is 58.9 Å². The van der Waals surface area contributed by atoms with Gasteiger partial charge in [0.2, 0.25) is 0 Å². The van der Waals surface area contributed by atoms with Gasteiger partial charge >= 0.3 is 11.9 Å². The molecule has 0 atom stereocenters. The lowest BCUT2D eigenvalue weighted by Crippen LogP contribution is -2.21. The van der Waals surface area contributed by atoms with Crippen LogP contribution in [0.2, 0.25) is 5.02 Å². The number of carbonyl (C=O) groups is 3. The average molecular weight is 349 g/mol. The molecule has 0 fully saturated rings. The molecule has 2 aromatic rings. The van der Waals surface area contributed by atoms with Crippen LogP contribution in [0.4, 0.5) is 5.69 Å². The highest BCUT2D eigenvalue weighted by Gasteiger charge is 2.14. The molecule has 0 aliphatic rings. The third-order valence-electron chi connectivity index (χ3n) is 2.89. The van der Waals surface area contributed by atoms with Gasteiger partial charge in [0, 0.05) is 18.1 Å². The molecule has 8 heteroatoms. The van der Waals surface area contributed by atoms with Crippen molar-refractivity contribution < 1.29 is 23.9 Å². The van der Waals surface area contributed by atoms with Crippen LogP contribution in [0.3, 0.4) is 0 Å². The Morgan fingerprint density at radius 1 is 1.21 bits per heavy atom. The third-order valence-corrected chi connectivity index (χ3v) is 3.22. The molecule has 7 nitrogen and oxygen atoms in total. The number of methoxy groups -OCH3 is 1. The summed E-state index contributed by atoms with van der Waals surface area (Å²) in [5, 5.41) is 2.69. The normalized spacial score (nSPS) is 9.92. The number of hydrogen-bond donors (Lipinski definition) is 1.